The van der Waals surface area contributed by atoms with E-state index in [2.05, 4.69) is 15.9 Å². The van der Waals surface area contributed by atoms with Gasteiger partial charge in [-0.25, -0.2) is 0 Å². The number of carbonyl (C=O) groups is 1. The van der Waals surface area contributed by atoms with Gasteiger partial charge in [-0.15, -0.1) is 0 Å². The number of hydrogen-bond acceptors (Lipinski definition) is 3. The Hall–Kier alpha value is -1.81. The van der Waals surface area contributed by atoms with Gasteiger partial charge in [-0.3, -0.25) is 4.79 Å². The Morgan fingerprint density at radius 3 is 2.62 bits per heavy atom. The molecule has 0 saturated heterocycles. The van der Waals surface area contributed by atoms with Crippen LogP contribution in [0.3, 0.4) is 0 Å². The Morgan fingerprint density at radius 2 is 1.95 bits per heavy atom. The van der Waals surface area contributed by atoms with Gasteiger partial charge in [0.25, 0.3) is 0 Å². The summed E-state index contributed by atoms with van der Waals surface area (Å²) in [5.41, 5.74) is 1.52. The van der Waals surface area contributed by atoms with E-state index in [-0.39, 0.29) is 5.78 Å². The number of hydrogen-bond donors (Lipinski definition) is 0. The molecule has 0 radical (unpaired) electrons. The van der Waals surface area contributed by atoms with Crippen molar-refractivity contribution in [3.63, 3.8) is 0 Å². The zero-order chi connectivity index (χ0) is 15.2. The fourth-order valence-corrected chi connectivity index (χ4v) is 2.30. The number of halogens is 1. The van der Waals surface area contributed by atoms with Gasteiger partial charge < -0.3 is 9.47 Å². The molecule has 21 heavy (non-hydrogen) atoms. The normalized spacial score (nSPS) is 10.2. The lowest BCUT2D eigenvalue weighted by atomic mass is 10.1. The van der Waals surface area contributed by atoms with Crippen LogP contribution in [0.4, 0.5) is 0 Å². The van der Waals surface area contributed by atoms with Gasteiger partial charge in [-0.05, 0) is 50.2 Å². The molecule has 0 aliphatic carbocycles. The minimum absolute atomic E-state index is 0.0294. The molecule has 0 heterocycles. The maximum atomic E-state index is 11.5. The monoisotopic (exact) mass is 348 g/mol. The molecule has 0 aliphatic heterocycles. The molecule has 0 spiro atoms. The number of rotatable bonds is 6. The smallest absolute Gasteiger partial charge is 0.159 e. The Kier molecular flexibility index (Phi) is 5.39. The van der Waals surface area contributed by atoms with Crippen molar-refractivity contribution in [2.24, 2.45) is 0 Å². The third kappa shape index (κ3) is 4.33. The van der Waals surface area contributed by atoms with Crippen molar-refractivity contribution in [1.82, 2.24) is 0 Å². The third-order valence-electron chi connectivity index (χ3n) is 2.96. The third-order valence-corrected chi connectivity index (χ3v) is 3.45. The molecule has 0 aliphatic rings. The molecule has 2 aromatic carbocycles. The standard InChI is InChI=1S/C17H17BrO3/c1-3-20-17-8-7-13(12(2)19)9-14(17)11-21-16-6-4-5-15(18)10-16/h4-10H,3,11H2,1-2H3. The first-order chi connectivity index (χ1) is 10.1. The Bertz CT molecular complexity index is 638. The van der Waals surface area contributed by atoms with Gasteiger partial charge in [-0.2, -0.15) is 0 Å². The lowest BCUT2D eigenvalue weighted by molar-refractivity contribution is 0.101. The first kappa shape index (κ1) is 15.6. The quantitative estimate of drug-likeness (QED) is 0.714. The fraction of sp³-hybridized carbons (Fsp3) is 0.235. The van der Waals surface area contributed by atoms with Crippen LogP contribution in [0.2, 0.25) is 0 Å². The average Bonchev–Trinajstić information content (AvgIpc) is 2.46. The van der Waals surface area contributed by atoms with Crippen molar-refractivity contribution < 1.29 is 14.3 Å². The van der Waals surface area contributed by atoms with Crippen LogP contribution in [0.25, 0.3) is 0 Å². The zero-order valence-corrected chi connectivity index (χ0v) is 13.6. The average molecular weight is 349 g/mol. The summed E-state index contributed by atoms with van der Waals surface area (Å²) >= 11 is 3.41. The molecule has 4 heteroatoms. The summed E-state index contributed by atoms with van der Waals surface area (Å²) < 4.78 is 12.3. The molecule has 0 atom stereocenters. The minimum Gasteiger partial charge on any atom is -0.493 e. The van der Waals surface area contributed by atoms with Crippen LogP contribution >= 0.6 is 15.9 Å². The summed E-state index contributed by atoms with van der Waals surface area (Å²) in [5, 5.41) is 0. The van der Waals surface area contributed by atoms with Gasteiger partial charge >= 0.3 is 0 Å². The number of Topliss-reactive ketones (excluding diaryl/α,β-unsaturated/α-hetero) is 1. The number of benzene rings is 2. The molecule has 0 N–H and O–H groups in total. The first-order valence-corrected chi connectivity index (χ1v) is 7.54. The Morgan fingerprint density at radius 1 is 1.14 bits per heavy atom. The second-order valence-corrected chi connectivity index (χ2v) is 5.47. The highest BCUT2D eigenvalue weighted by molar-refractivity contribution is 9.10. The van der Waals surface area contributed by atoms with Gasteiger partial charge in [0.05, 0.1) is 6.61 Å². The maximum absolute atomic E-state index is 11.5. The van der Waals surface area contributed by atoms with Crippen LogP contribution in [0.5, 0.6) is 11.5 Å². The van der Waals surface area contributed by atoms with Crippen molar-refractivity contribution in [2.45, 2.75) is 20.5 Å². The van der Waals surface area contributed by atoms with E-state index in [1.807, 2.05) is 43.3 Å². The molecule has 2 aromatic rings. The number of carbonyl (C=O) groups excluding carboxylic acids is 1. The van der Waals surface area contributed by atoms with Crippen molar-refractivity contribution >= 4 is 21.7 Å². The van der Waals surface area contributed by atoms with Crippen LogP contribution in [0, 0.1) is 0 Å². The molecule has 0 unspecified atom stereocenters. The van der Waals surface area contributed by atoms with Crippen LogP contribution in [0.15, 0.2) is 46.9 Å². The van der Waals surface area contributed by atoms with E-state index in [4.69, 9.17) is 9.47 Å². The van der Waals surface area contributed by atoms with E-state index in [9.17, 15) is 4.79 Å². The van der Waals surface area contributed by atoms with Crippen LogP contribution < -0.4 is 9.47 Å². The van der Waals surface area contributed by atoms with Crippen molar-refractivity contribution in [2.75, 3.05) is 6.61 Å². The van der Waals surface area contributed by atoms with Crippen LogP contribution in [-0.2, 0) is 6.61 Å². The summed E-state index contributed by atoms with van der Waals surface area (Å²) in [4.78, 5) is 11.5. The minimum atomic E-state index is 0.0294. The lowest BCUT2D eigenvalue weighted by Gasteiger charge is -2.13. The highest BCUT2D eigenvalue weighted by Crippen LogP contribution is 2.24. The molecule has 110 valence electrons. The van der Waals surface area contributed by atoms with Crippen LogP contribution in [0.1, 0.15) is 29.8 Å². The summed E-state index contributed by atoms with van der Waals surface area (Å²) in [5.74, 6) is 1.54. The number of ketones is 1. The summed E-state index contributed by atoms with van der Waals surface area (Å²) in [6.07, 6.45) is 0. The number of ether oxygens (including phenoxy) is 2. The Balaban J connectivity index is 2.20. The van der Waals surface area contributed by atoms with E-state index >= 15 is 0 Å². The van der Waals surface area contributed by atoms with E-state index < -0.39 is 0 Å². The molecular weight excluding hydrogens is 332 g/mol. The second kappa shape index (κ2) is 7.27. The van der Waals surface area contributed by atoms with Gasteiger partial charge in [0, 0.05) is 15.6 Å². The Labute approximate surface area is 133 Å². The molecular formula is C17H17BrO3. The highest BCUT2D eigenvalue weighted by atomic mass is 79.9. The fourth-order valence-electron chi connectivity index (χ4n) is 1.93. The maximum Gasteiger partial charge on any atom is 0.159 e. The first-order valence-electron chi connectivity index (χ1n) is 6.75. The van der Waals surface area contributed by atoms with Crippen molar-refractivity contribution in [3.05, 3.63) is 58.1 Å². The molecule has 0 aromatic heterocycles. The predicted octanol–water partition coefficient (Wildman–Crippen LogP) is 4.63. The summed E-state index contributed by atoms with van der Waals surface area (Å²) in [7, 11) is 0. The van der Waals surface area contributed by atoms with E-state index in [0.29, 0.717) is 18.8 Å². The van der Waals surface area contributed by atoms with Gasteiger partial charge in [-0.1, -0.05) is 22.0 Å². The topological polar surface area (TPSA) is 35.5 Å². The van der Waals surface area contributed by atoms with Crippen molar-refractivity contribution in [1.29, 1.82) is 0 Å². The van der Waals surface area contributed by atoms with E-state index in [1.54, 1.807) is 13.0 Å². The van der Waals surface area contributed by atoms with Crippen molar-refractivity contribution in [3.8, 4) is 11.5 Å². The zero-order valence-electron chi connectivity index (χ0n) is 12.1. The van der Waals surface area contributed by atoms with Gasteiger partial charge in [0.2, 0.25) is 0 Å². The van der Waals surface area contributed by atoms with Gasteiger partial charge in [0.15, 0.2) is 5.78 Å². The summed E-state index contributed by atoms with van der Waals surface area (Å²) in [6, 6.07) is 13.1. The largest absolute Gasteiger partial charge is 0.493 e. The summed E-state index contributed by atoms with van der Waals surface area (Å²) in [6.45, 7) is 4.41. The molecule has 0 amide bonds. The molecule has 3 nitrogen and oxygen atoms in total. The second-order valence-electron chi connectivity index (χ2n) is 4.56. The molecule has 2 rings (SSSR count). The van der Waals surface area contributed by atoms with Gasteiger partial charge in [0.1, 0.15) is 18.1 Å². The molecule has 0 fully saturated rings. The molecule has 0 bridgehead atoms. The predicted molar refractivity (Wildman–Crippen MR) is 86.1 cm³/mol. The van der Waals surface area contributed by atoms with Crippen LogP contribution in [-0.4, -0.2) is 12.4 Å². The van der Waals surface area contributed by atoms with E-state index in [0.717, 1.165) is 21.5 Å². The van der Waals surface area contributed by atoms with E-state index in [1.165, 1.54) is 0 Å². The SMILES string of the molecule is CCOc1ccc(C(C)=O)cc1COc1cccc(Br)c1. The lowest BCUT2D eigenvalue weighted by Crippen LogP contribution is -2.03. The highest BCUT2D eigenvalue weighted by Gasteiger charge is 2.09. The molecule has 0 saturated carbocycles.